The lowest BCUT2D eigenvalue weighted by Crippen LogP contribution is -2.40. The molecule has 1 N–H and O–H groups in total. The first kappa shape index (κ1) is 20.2. The van der Waals surface area contributed by atoms with Gasteiger partial charge in [0.15, 0.2) is 0 Å². The number of nitrogens with zero attached hydrogens (tertiary/aromatic N) is 1. The topological polar surface area (TPSA) is 32.3 Å². The summed E-state index contributed by atoms with van der Waals surface area (Å²) in [5.41, 5.74) is 2.24. The van der Waals surface area contributed by atoms with Crippen molar-refractivity contribution in [1.82, 2.24) is 10.2 Å². The number of piperidine rings is 1. The van der Waals surface area contributed by atoms with Crippen LogP contribution in [0.4, 0.5) is 0 Å². The van der Waals surface area contributed by atoms with Crippen LogP contribution in [0.3, 0.4) is 0 Å². The molecule has 5 heteroatoms. The molecule has 4 rings (SSSR count). The summed E-state index contributed by atoms with van der Waals surface area (Å²) in [6.07, 6.45) is 1.76. The van der Waals surface area contributed by atoms with Crippen LogP contribution < -0.4 is 5.32 Å². The second kappa shape index (κ2) is 9.17. The van der Waals surface area contributed by atoms with Gasteiger partial charge in [-0.2, -0.15) is 0 Å². The van der Waals surface area contributed by atoms with E-state index in [-0.39, 0.29) is 11.8 Å². The number of hydrogen-bond donors (Lipinski definition) is 1. The number of fused-ring (bicyclic) bond motifs is 1. The van der Waals surface area contributed by atoms with Crippen LogP contribution in [0.1, 0.15) is 24.0 Å². The third-order valence-corrected chi connectivity index (χ3v) is 6.29. The standard InChI is InChI=1S/C24H24Cl2N2O/c25-21-9-8-19(23(26)14-21)15-27-24(29)18-10-12-28(13-11-18)16-20-6-3-5-17-4-1-2-7-22(17)20/h1-9,14,18H,10-13,15-16H2,(H,27,29). The van der Waals surface area contributed by atoms with Crippen molar-refractivity contribution < 1.29 is 4.79 Å². The van der Waals surface area contributed by atoms with E-state index < -0.39 is 0 Å². The van der Waals surface area contributed by atoms with Gasteiger partial charge in [0, 0.05) is 29.1 Å². The maximum absolute atomic E-state index is 12.6. The van der Waals surface area contributed by atoms with Gasteiger partial charge in [-0.1, -0.05) is 71.7 Å². The smallest absolute Gasteiger partial charge is 0.223 e. The fourth-order valence-corrected chi connectivity index (χ4v) is 4.49. The van der Waals surface area contributed by atoms with Crippen molar-refractivity contribution in [3.63, 3.8) is 0 Å². The zero-order valence-electron chi connectivity index (χ0n) is 16.2. The molecule has 0 atom stereocenters. The minimum atomic E-state index is 0.0600. The molecule has 1 heterocycles. The van der Waals surface area contributed by atoms with Crippen molar-refractivity contribution in [3.8, 4) is 0 Å². The molecule has 0 bridgehead atoms. The van der Waals surface area contributed by atoms with E-state index in [1.165, 1.54) is 16.3 Å². The van der Waals surface area contributed by atoms with E-state index in [2.05, 4.69) is 52.7 Å². The Bertz CT molecular complexity index is 1010. The van der Waals surface area contributed by atoms with Gasteiger partial charge in [0.25, 0.3) is 0 Å². The number of carbonyl (C=O) groups is 1. The molecule has 0 unspecified atom stereocenters. The SMILES string of the molecule is O=C(NCc1ccc(Cl)cc1Cl)C1CCN(Cc2cccc3ccccc23)CC1. The molecule has 150 valence electrons. The highest BCUT2D eigenvalue weighted by Crippen LogP contribution is 2.24. The average Bonchev–Trinajstić information content (AvgIpc) is 2.74. The summed E-state index contributed by atoms with van der Waals surface area (Å²) in [6, 6.07) is 20.4. The molecule has 0 radical (unpaired) electrons. The minimum Gasteiger partial charge on any atom is -0.352 e. The molecule has 0 saturated carbocycles. The predicted molar refractivity (Wildman–Crippen MR) is 120 cm³/mol. The number of nitrogens with one attached hydrogen (secondary N) is 1. The third-order valence-electron chi connectivity index (χ3n) is 5.70. The third kappa shape index (κ3) is 4.92. The summed E-state index contributed by atoms with van der Waals surface area (Å²) < 4.78 is 0. The number of hydrogen-bond acceptors (Lipinski definition) is 2. The Labute approximate surface area is 181 Å². The fourth-order valence-electron chi connectivity index (χ4n) is 4.02. The molecule has 0 aliphatic carbocycles. The Morgan fingerprint density at radius 3 is 2.52 bits per heavy atom. The van der Waals surface area contributed by atoms with Crippen molar-refractivity contribution >= 4 is 39.9 Å². The Balaban J connectivity index is 1.30. The van der Waals surface area contributed by atoms with Gasteiger partial charge >= 0.3 is 0 Å². The summed E-state index contributed by atoms with van der Waals surface area (Å²) in [4.78, 5) is 15.0. The Morgan fingerprint density at radius 2 is 1.72 bits per heavy atom. The van der Waals surface area contributed by atoms with Crippen molar-refractivity contribution in [3.05, 3.63) is 81.8 Å². The van der Waals surface area contributed by atoms with Gasteiger partial charge in [-0.15, -0.1) is 0 Å². The lowest BCUT2D eigenvalue weighted by atomic mass is 9.95. The molecule has 1 saturated heterocycles. The summed E-state index contributed by atoms with van der Waals surface area (Å²) in [6.45, 7) is 3.23. The first-order chi connectivity index (χ1) is 14.1. The summed E-state index contributed by atoms with van der Waals surface area (Å²) >= 11 is 12.1. The zero-order valence-corrected chi connectivity index (χ0v) is 17.7. The van der Waals surface area contributed by atoms with Crippen LogP contribution in [0.15, 0.2) is 60.7 Å². The fraction of sp³-hybridized carbons (Fsp3) is 0.292. The van der Waals surface area contributed by atoms with Gasteiger partial charge in [0.1, 0.15) is 0 Å². The number of carbonyl (C=O) groups excluding carboxylic acids is 1. The van der Waals surface area contributed by atoms with Gasteiger partial charge in [-0.25, -0.2) is 0 Å². The highest BCUT2D eigenvalue weighted by molar-refractivity contribution is 6.35. The Kier molecular flexibility index (Phi) is 6.39. The average molecular weight is 427 g/mol. The lowest BCUT2D eigenvalue weighted by molar-refractivity contribution is -0.126. The van der Waals surface area contributed by atoms with Crippen molar-refractivity contribution in [1.29, 1.82) is 0 Å². The maximum atomic E-state index is 12.6. The van der Waals surface area contributed by atoms with Crippen LogP contribution in [0.2, 0.25) is 10.0 Å². The predicted octanol–water partition coefficient (Wildman–Crippen LogP) is 5.68. The molecule has 3 aromatic carbocycles. The molecule has 1 amide bonds. The molecule has 1 fully saturated rings. The van der Waals surface area contributed by atoms with Crippen LogP contribution >= 0.6 is 23.2 Å². The molecular formula is C24H24Cl2N2O. The van der Waals surface area contributed by atoms with E-state index in [1.807, 2.05) is 6.07 Å². The lowest BCUT2D eigenvalue weighted by Gasteiger charge is -2.31. The van der Waals surface area contributed by atoms with Crippen LogP contribution in [-0.2, 0) is 17.9 Å². The van der Waals surface area contributed by atoms with E-state index in [1.54, 1.807) is 12.1 Å². The van der Waals surface area contributed by atoms with Crippen molar-refractivity contribution in [2.24, 2.45) is 5.92 Å². The molecule has 1 aliphatic rings. The Morgan fingerprint density at radius 1 is 0.966 bits per heavy atom. The number of halogens is 2. The first-order valence-electron chi connectivity index (χ1n) is 10.0. The molecular weight excluding hydrogens is 403 g/mol. The van der Waals surface area contributed by atoms with E-state index in [4.69, 9.17) is 23.2 Å². The largest absolute Gasteiger partial charge is 0.352 e. The van der Waals surface area contributed by atoms with E-state index >= 15 is 0 Å². The van der Waals surface area contributed by atoms with Gasteiger partial charge in [0.2, 0.25) is 5.91 Å². The number of benzene rings is 3. The first-order valence-corrected chi connectivity index (χ1v) is 10.8. The Hall–Kier alpha value is -2.07. The van der Waals surface area contributed by atoms with Crippen LogP contribution in [0.25, 0.3) is 10.8 Å². The van der Waals surface area contributed by atoms with Gasteiger partial charge in [-0.05, 0) is 60.0 Å². The second-order valence-electron chi connectivity index (χ2n) is 7.64. The number of amides is 1. The molecule has 3 aromatic rings. The normalized spacial score (nSPS) is 15.5. The maximum Gasteiger partial charge on any atom is 0.223 e. The highest BCUT2D eigenvalue weighted by atomic mass is 35.5. The molecule has 1 aliphatic heterocycles. The zero-order chi connectivity index (χ0) is 20.2. The van der Waals surface area contributed by atoms with Crippen LogP contribution in [0, 0.1) is 5.92 Å². The van der Waals surface area contributed by atoms with Gasteiger partial charge in [0.05, 0.1) is 0 Å². The number of rotatable bonds is 5. The summed E-state index contributed by atoms with van der Waals surface area (Å²) in [5, 5.41) is 6.81. The van der Waals surface area contributed by atoms with E-state index in [0.717, 1.165) is 38.0 Å². The molecule has 0 spiro atoms. The van der Waals surface area contributed by atoms with Crippen LogP contribution in [0.5, 0.6) is 0 Å². The quantitative estimate of drug-likeness (QED) is 0.569. The molecule has 29 heavy (non-hydrogen) atoms. The summed E-state index contributed by atoms with van der Waals surface area (Å²) in [7, 11) is 0. The molecule has 3 nitrogen and oxygen atoms in total. The van der Waals surface area contributed by atoms with E-state index in [0.29, 0.717) is 16.6 Å². The summed E-state index contributed by atoms with van der Waals surface area (Å²) in [5.74, 6) is 0.172. The van der Waals surface area contributed by atoms with Crippen molar-refractivity contribution in [2.75, 3.05) is 13.1 Å². The van der Waals surface area contributed by atoms with E-state index in [9.17, 15) is 4.79 Å². The second-order valence-corrected chi connectivity index (χ2v) is 8.49. The number of likely N-dealkylation sites (tertiary alicyclic amines) is 1. The highest BCUT2D eigenvalue weighted by Gasteiger charge is 2.25. The molecule has 0 aromatic heterocycles. The minimum absolute atomic E-state index is 0.0600. The monoisotopic (exact) mass is 426 g/mol. The van der Waals surface area contributed by atoms with Gasteiger partial charge < -0.3 is 5.32 Å². The van der Waals surface area contributed by atoms with Gasteiger partial charge in [-0.3, -0.25) is 9.69 Å². The van der Waals surface area contributed by atoms with Crippen LogP contribution in [-0.4, -0.2) is 23.9 Å². The van der Waals surface area contributed by atoms with Crippen molar-refractivity contribution in [2.45, 2.75) is 25.9 Å².